The molecule has 1 aromatic heterocycles. The molecular formula is C14H11F6N3OS. The monoisotopic (exact) mass is 383 g/mol. The third-order valence-corrected chi connectivity index (χ3v) is 3.92. The van der Waals surface area contributed by atoms with E-state index in [0.717, 1.165) is 11.3 Å². The molecule has 0 aliphatic rings. The molecule has 4 nitrogen and oxygen atoms in total. The van der Waals surface area contributed by atoms with Crippen molar-refractivity contribution < 1.29 is 31.1 Å². The predicted octanol–water partition coefficient (Wildman–Crippen LogP) is 3.67. The molecule has 0 aliphatic carbocycles. The molecule has 1 heterocycles. The summed E-state index contributed by atoms with van der Waals surface area (Å²) in [6, 6.07) is 1.39. The van der Waals surface area contributed by atoms with Crippen LogP contribution in [0.3, 0.4) is 0 Å². The fourth-order valence-electron chi connectivity index (χ4n) is 1.94. The number of rotatable bonds is 4. The second-order valence-electron chi connectivity index (χ2n) is 4.97. The zero-order chi connectivity index (χ0) is 18.8. The van der Waals surface area contributed by atoms with Gasteiger partial charge < -0.3 is 11.1 Å². The van der Waals surface area contributed by atoms with Gasteiger partial charge in [0.15, 0.2) is 5.13 Å². The fraction of sp³-hybridized carbons (Fsp3) is 0.286. The van der Waals surface area contributed by atoms with Crippen LogP contribution in [0, 0.1) is 0 Å². The highest BCUT2D eigenvalue weighted by Crippen LogP contribution is 2.37. The number of nitrogens with two attached hydrogens (primary N) is 1. The number of thiazole rings is 1. The van der Waals surface area contributed by atoms with Crippen LogP contribution in [-0.4, -0.2) is 17.4 Å². The summed E-state index contributed by atoms with van der Waals surface area (Å²) in [5.41, 5.74) is 2.20. The van der Waals surface area contributed by atoms with Crippen molar-refractivity contribution in [1.29, 1.82) is 0 Å². The first kappa shape index (κ1) is 19.2. The SMILES string of the molecule is NCC(=O)Nc1ncc(Cc2cc(C(F)(F)F)cc(C(F)(F)F)c2)s1. The lowest BCUT2D eigenvalue weighted by Gasteiger charge is -2.13. The number of carbonyl (C=O) groups is 1. The maximum Gasteiger partial charge on any atom is 0.416 e. The third-order valence-electron chi connectivity index (χ3n) is 3.01. The van der Waals surface area contributed by atoms with Gasteiger partial charge in [-0.25, -0.2) is 4.98 Å². The first-order chi connectivity index (χ1) is 11.5. The number of halogens is 6. The Hall–Kier alpha value is -2.14. The Kier molecular flexibility index (Phi) is 5.37. The highest BCUT2D eigenvalue weighted by molar-refractivity contribution is 7.15. The molecule has 0 saturated carbocycles. The number of anilines is 1. The van der Waals surface area contributed by atoms with Crippen molar-refractivity contribution in [2.75, 3.05) is 11.9 Å². The molecule has 0 aliphatic heterocycles. The second kappa shape index (κ2) is 7.00. The Morgan fingerprint density at radius 3 is 2.12 bits per heavy atom. The van der Waals surface area contributed by atoms with E-state index in [2.05, 4.69) is 10.3 Å². The van der Waals surface area contributed by atoms with E-state index in [0.29, 0.717) is 17.0 Å². The highest BCUT2D eigenvalue weighted by atomic mass is 32.1. The van der Waals surface area contributed by atoms with E-state index in [4.69, 9.17) is 5.73 Å². The van der Waals surface area contributed by atoms with Crippen LogP contribution in [0.5, 0.6) is 0 Å². The Labute approximate surface area is 141 Å². The van der Waals surface area contributed by atoms with Crippen molar-refractivity contribution in [2.45, 2.75) is 18.8 Å². The summed E-state index contributed by atoms with van der Waals surface area (Å²) >= 11 is 0.937. The molecule has 0 bridgehead atoms. The predicted molar refractivity (Wildman–Crippen MR) is 79.1 cm³/mol. The normalized spacial score (nSPS) is 12.3. The smallest absolute Gasteiger partial charge is 0.322 e. The van der Waals surface area contributed by atoms with E-state index in [9.17, 15) is 31.1 Å². The maximum absolute atomic E-state index is 12.8. The largest absolute Gasteiger partial charge is 0.416 e. The molecule has 25 heavy (non-hydrogen) atoms. The summed E-state index contributed by atoms with van der Waals surface area (Å²) in [5, 5.41) is 2.51. The molecule has 0 radical (unpaired) electrons. The van der Waals surface area contributed by atoms with E-state index < -0.39 is 29.4 Å². The van der Waals surface area contributed by atoms with Crippen LogP contribution < -0.4 is 11.1 Å². The lowest BCUT2D eigenvalue weighted by molar-refractivity contribution is -0.143. The summed E-state index contributed by atoms with van der Waals surface area (Å²) in [7, 11) is 0. The molecule has 1 aromatic carbocycles. The number of aromatic nitrogens is 1. The third kappa shape index (κ3) is 5.16. The number of benzene rings is 1. The van der Waals surface area contributed by atoms with Crippen molar-refractivity contribution in [3.05, 3.63) is 46.0 Å². The van der Waals surface area contributed by atoms with Gasteiger partial charge in [0.05, 0.1) is 17.7 Å². The van der Waals surface area contributed by atoms with Gasteiger partial charge in [-0.2, -0.15) is 26.3 Å². The molecule has 0 spiro atoms. The van der Waals surface area contributed by atoms with E-state index in [1.54, 1.807) is 0 Å². The summed E-state index contributed by atoms with van der Waals surface area (Å²) in [6.07, 6.45) is -8.72. The van der Waals surface area contributed by atoms with Crippen LogP contribution in [0.15, 0.2) is 24.4 Å². The molecule has 0 saturated heterocycles. The summed E-state index contributed by atoms with van der Waals surface area (Å²) in [5.74, 6) is -0.515. The minimum absolute atomic E-state index is 0.0725. The van der Waals surface area contributed by atoms with Gasteiger partial charge in [0.2, 0.25) is 5.91 Å². The zero-order valence-electron chi connectivity index (χ0n) is 12.3. The van der Waals surface area contributed by atoms with E-state index in [-0.39, 0.29) is 29.7 Å². The van der Waals surface area contributed by atoms with Gasteiger partial charge in [0.1, 0.15) is 0 Å². The Morgan fingerprint density at radius 1 is 1.08 bits per heavy atom. The fourth-order valence-corrected chi connectivity index (χ4v) is 2.80. The summed E-state index contributed by atoms with van der Waals surface area (Å²) in [6.45, 7) is -0.280. The van der Waals surface area contributed by atoms with Gasteiger partial charge in [-0.15, -0.1) is 11.3 Å². The van der Waals surface area contributed by atoms with E-state index in [1.165, 1.54) is 6.20 Å². The molecule has 0 atom stereocenters. The lowest BCUT2D eigenvalue weighted by atomic mass is 10.0. The van der Waals surface area contributed by atoms with Crippen molar-refractivity contribution in [3.63, 3.8) is 0 Å². The number of amides is 1. The number of nitrogens with zero attached hydrogens (tertiary/aromatic N) is 1. The number of hydrogen-bond acceptors (Lipinski definition) is 4. The first-order valence-corrected chi connectivity index (χ1v) is 7.53. The highest BCUT2D eigenvalue weighted by Gasteiger charge is 2.36. The molecule has 1 amide bonds. The molecule has 2 rings (SSSR count). The van der Waals surface area contributed by atoms with E-state index in [1.807, 2.05) is 0 Å². The average Bonchev–Trinajstić information content (AvgIpc) is 2.92. The van der Waals surface area contributed by atoms with Crippen LogP contribution in [0.25, 0.3) is 0 Å². The van der Waals surface area contributed by atoms with Crippen LogP contribution >= 0.6 is 11.3 Å². The van der Waals surface area contributed by atoms with Crippen molar-refractivity contribution in [1.82, 2.24) is 4.98 Å². The Morgan fingerprint density at radius 2 is 1.64 bits per heavy atom. The molecule has 3 N–H and O–H groups in total. The zero-order valence-corrected chi connectivity index (χ0v) is 13.1. The molecule has 0 unspecified atom stereocenters. The summed E-state index contributed by atoms with van der Waals surface area (Å²) < 4.78 is 76.9. The maximum atomic E-state index is 12.8. The van der Waals surface area contributed by atoms with Crippen molar-refractivity contribution in [2.24, 2.45) is 5.73 Å². The van der Waals surface area contributed by atoms with E-state index >= 15 is 0 Å². The van der Waals surface area contributed by atoms with Crippen molar-refractivity contribution >= 4 is 22.4 Å². The topological polar surface area (TPSA) is 68.0 Å². The average molecular weight is 383 g/mol. The van der Waals surface area contributed by atoms with Crippen LogP contribution in [-0.2, 0) is 23.6 Å². The number of nitrogens with one attached hydrogen (secondary N) is 1. The van der Waals surface area contributed by atoms with Gasteiger partial charge in [0.25, 0.3) is 0 Å². The standard InChI is InChI=1S/C14H11F6N3OS/c15-13(16,17)8-1-7(2-9(4-8)14(18,19)20)3-10-6-22-12(25-10)23-11(24)5-21/h1-2,4,6H,3,5,21H2,(H,22,23,24). The number of alkyl halides is 6. The molecule has 136 valence electrons. The van der Waals surface area contributed by atoms with Crippen LogP contribution in [0.1, 0.15) is 21.6 Å². The van der Waals surface area contributed by atoms with Crippen LogP contribution in [0.2, 0.25) is 0 Å². The van der Waals surface area contributed by atoms with Gasteiger partial charge in [0, 0.05) is 17.5 Å². The lowest BCUT2D eigenvalue weighted by Crippen LogP contribution is -2.21. The molecule has 11 heteroatoms. The minimum atomic E-state index is -4.90. The van der Waals surface area contributed by atoms with Gasteiger partial charge >= 0.3 is 12.4 Å². The Bertz CT molecular complexity index is 736. The first-order valence-electron chi connectivity index (χ1n) is 6.72. The number of carbonyl (C=O) groups excluding carboxylic acids is 1. The summed E-state index contributed by atoms with van der Waals surface area (Å²) in [4.78, 5) is 15.4. The van der Waals surface area contributed by atoms with Crippen molar-refractivity contribution in [3.8, 4) is 0 Å². The molecule has 0 fully saturated rings. The van der Waals surface area contributed by atoms with Gasteiger partial charge in [-0.05, 0) is 23.8 Å². The molecule has 2 aromatic rings. The van der Waals surface area contributed by atoms with Gasteiger partial charge in [-0.1, -0.05) is 0 Å². The minimum Gasteiger partial charge on any atom is -0.322 e. The Balaban J connectivity index is 2.31. The molecular weight excluding hydrogens is 372 g/mol. The van der Waals surface area contributed by atoms with Crippen LogP contribution in [0.4, 0.5) is 31.5 Å². The quantitative estimate of drug-likeness (QED) is 0.792. The van der Waals surface area contributed by atoms with Gasteiger partial charge in [-0.3, -0.25) is 4.79 Å². The second-order valence-corrected chi connectivity index (χ2v) is 6.09. The number of hydrogen-bond donors (Lipinski definition) is 2.